The average molecular weight is 201 g/mol. The van der Waals surface area contributed by atoms with Crippen LogP contribution in [0.4, 0.5) is 0 Å². The van der Waals surface area contributed by atoms with Crippen molar-refractivity contribution in [2.45, 2.75) is 6.04 Å². The zero-order valence-corrected chi connectivity index (χ0v) is 8.20. The predicted octanol–water partition coefficient (Wildman–Crippen LogP) is -0.729. The summed E-state index contributed by atoms with van der Waals surface area (Å²) in [6.07, 6.45) is 1.23. The Balaban J connectivity index is 0.000001000. The molecule has 0 bridgehead atoms. The molecular formula is C5H13ClN2O2S. The van der Waals surface area contributed by atoms with Gasteiger partial charge in [0.25, 0.3) is 0 Å². The summed E-state index contributed by atoms with van der Waals surface area (Å²) in [6, 6.07) is 0.176. The summed E-state index contributed by atoms with van der Waals surface area (Å²) < 4.78 is 23.1. The maximum Gasteiger partial charge on any atom is 0.211 e. The van der Waals surface area contributed by atoms with Crippen LogP contribution in [0.25, 0.3) is 0 Å². The molecule has 0 aliphatic carbocycles. The molecule has 0 aromatic rings. The Morgan fingerprint density at radius 3 is 2.00 bits per heavy atom. The SMILES string of the molecule is CN(C1CNC1)S(C)(=O)=O.Cl. The van der Waals surface area contributed by atoms with Crippen LogP contribution in [0.1, 0.15) is 0 Å². The highest BCUT2D eigenvalue weighted by Gasteiger charge is 2.26. The van der Waals surface area contributed by atoms with Crippen molar-refractivity contribution in [1.82, 2.24) is 9.62 Å². The normalized spacial score (nSPS) is 19.2. The van der Waals surface area contributed by atoms with Gasteiger partial charge in [0.1, 0.15) is 0 Å². The summed E-state index contributed by atoms with van der Waals surface area (Å²) in [7, 11) is -1.36. The fourth-order valence-corrected chi connectivity index (χ4v) is 1.49. The highest BCUT2D eigenvalue weighted by atomic mass is 35.5. The van der Waals surface area contributed by atoms with Gasteiger partial charge in [-0.15, -0.1) is 12.4 Å². The van der Waals surface area contributed by atoms with E-state index in [-0.39, 0.29) is 18.4 Å². The number of sulfonamides is 1. The zero-order valence-electron chi connectivity index (χ0n) is 6.57. The first-order chi connectivity index (χ1) is 4.52. The number of hydrogen-bond acceptors (Lipinski definition) is 3. The van der Waals surface area contributed by atoms with Gasteiger partial charge in [-0.2, -0.15) is 4.31 Å². The molecule has 0 aromatic heterocycles. The Hall–Kier alpha value is 0.160. The molecule has 11 heavy (non-hydrogen) atoms. The van der Waals surface area contributed by atoms with Gasteiger partial charge in [0.05, 0.1) is 6.26 Å². The topological polar surface area (TPSA) is 49.4 Å². The molecule has 0 aromatic carbocycles. The van der Waals surface area contributed by atoms with Gasteiger partial charge in [-0.3, -0.25) is 0 Å². The van der Waals surface area contributed by atoms with Gasteiger partial charge in [-0.25, -0.2) is 8.42 Å². The lowest BCUT2D eigenvalue weighted by Gasteiger charge is -2.33. The molecule has 1 fully saturated rings. The number of nitrogens with zero attached hydrogens (tertiary/aromatic N) is 1. The summed E-state index contributed by atoms with van der Waals surface area (Å²) in [5.41, 5.74) is 0. The Morgan fingerprint density at radius 2 is 1.91 bits per heavy atom. The van der Waals surface area contributed by atoms with Crippen LogP contribution in [-0.2, 0) is 10.0 Å². The van der Waals surface area contributed by atoms with Crippen LogP contribution >= 0.6 is 12.4 Å². The van der Waals surface area contributed by atoms with Crippen LogP contribution in [0.15, 0.2) is 0 Å². The van der Waals surface area contributed by atoms with Gasteiger partial charge in [-0.1, -0.05) is 0 Å². The molecular weight excluding hydrogens is 188 g/mol. The van der Waals surface area contributed by atoms with Crippen molar-refractivity contribution >= 4 is 22.4 Å². The van der Waals surface area contributed by atoms with Crippen LogP contribution in [-0.4, -0.2) is 45.2 Å². The molecule has 0 unspecified atom stereocenters. The third-order valence-corrected chi connectivity index (χ3v) is 3.14. The number of rotatable bonds is 2. The molecule has 1 heterocycles. The molecule has 68 valence electrons. The molecule has 6 heteroatoms. The summed E-state index contributed by atoms with van der Waals surface area (Å²) in [6.45, 7) is 1.56. The molecule has 1 rings (SSSR count). The minimum atomic E-state index is -2.97. The fourth-order valence-electron chi connectivity index (χ4n) is 0.801. The van der Waals surface area contributed by atoms with Crippen molar-refractivity contribution in [3.63, 3.8) is 0 Å². The van der Waals surface area contributed by atoms with Gasteiger partial charge in [0, 0.05) is 26.2 Å². The Morgan fingerprint density at radius 1 is 1.45 bits per heavy atom. The fraction of sp³-hybridized carbons (Fsp3) is 1.00. The average Bonchev–Trinajstić information content (AvgIpc) is 1.57. The van der Waals surface area contributed by atoms with Crippen molar-refractivity contribution in [3.8, 4) is 0 Å². The third-order valence-electron chi connectivity index (χ3n) is 1.80. The summed E-state index contributed by atoms with van der Waals surface area (Å²) >= 11 is 0. The van der Waals surface area contributed by atoms with Crippen LogP contribution in [0, 0.1) is 0 Å². The van der Waals surface area contributed by atoms with E-state index in [2.05, 4.69) is 5.32 Å². The maximum atomic E-state index is 10.9. The minimum absolute atomic E-state index is 0. The minimum Gasteiger partial charge on any atom is -0.313 e. The highest BCUT2D eigenvalue weighted by Crippen LogP contribution is 2.05. The molecule has 0 radical (unpaired) electrons. The lowest BCUT2D eigenvalue weighted by atomic mass is 10.2. The number of likely N-dealkylation sites (N-methyl/N-ethyl adjacent to an activating group) is 1. The molecule has 4 nitrogen and oxygen atoms in total. The Labute approximate surface area is 73.4 Å². The lowest BCUT2D eigenvalue weighted by Crippen LogP contribution is -2.57. The highest BCUT2D eigenvalue weighted by molar-refractivity contribution is 7.88. The Kier molecular flexibility index (Phi) is 3.76. The van der Waals surface area contributed by atoms with E-state index in [9.17, 15) is 8.42 Å². The van der Waals surface area contributed by atoms with E-state index in [1.54, 1.807) is 7.05 Å². The first kappa shape index (κ1) is 11.2. The number of hydrogen-bond donors (Lipinski definition) is 1. The second-order valence-corrected chi connectivity index (χ2v) is 4.63. The van der Waals surface area contributed by atoms with E-state index in [1.807, 2.05) is 0 Å². The number of nitrogens with one attached hydrogen (secondary N) is 1. The van der Waals surface area contributed by atoms with Gasteiger partial charge in [0.15, 0.2) is 0 Å². The van der Waals surface area contributed by atoms with Crippen LogP contribution in [0.3, 0.4) is 0 Å². The van der Waals surface area contributed by atoms with Gasteiger partial charge >= 0.3 is 0 Å². The molecule has 0 atom stereocenters. The van der Waals surface area contributed by atoms with E-state index in [0.717, 1.165) is 13.1 Å². The van der Waals surface area contributed by atoms with E-state index < -0.39 is 10.0 Å². The quantitative estimate of drug-likeness (QED) is 0.640. The smallest absolute Gasteiger partial charge is 0.211 e. The molecule has 1 saturated heterocycles. The van der Waals surface area contributed by atoms with Crippen molar-refractivity contribution in [2.24, 2.45) is 0 Å². The lowest BCUT2D eigenvalue weighted by molar-refractivity contribution is 0.275. The van der Waals surface area contributed by atoms with Gasteiger partial charge in [-0.05, 0) is 0 Å². The van der Waals surface area contributed by atoms with Crippen molar-refractivity contribution in [1.29, 1.82) is 0 Å². The van der Waals surface area contributed by atoms with Crippen molar-refractivity contribution < 1.29 is 8.42 Å². The largest absolute Gasteiger partial charge is 0.313 e. The van der Waals surface area contributed by atoms with E-state index in [4.69, 9.17) is 0 Å². The van der Waals surface area contributed by atoms with Crippen LogP contribution in [0.2, 0.25) is 0 Å². The standard InChI is InChI=1S/C5H12N2O2S.ClH/c1-7(10(2,8)9)5-3-6-4-5;/h5-6H,3-4H2,1-2H3;1H. The first-order valence-corrected chi connectivity index (χ1v) is 5.00. The molecule has 0 amide bonds. The summed E-state index contributed by atoms with van der Waals surface area (Å²) in [5.74, 6) is 0. The molecule has 0 saturated carbocycles. The summed E-state index contributed by atoms with van der Waals surface area (Å²) in [4.78, 5) is 0. The monoisotopic (exact) mass is 200 g/mol. The summed E-state index contributed by atoms with van der Waals surface area (Å²) in [5, 5.41) is 3.01. The molecule has 1 aliphatic rings. The zero-order chi connectivity index (χ0) is 7.78. The van der Waals surface area contributed by atoms with E-state index in [0.29, 0.717) is 0 Å². The molecule has 1 N–H and O–H groups in total. The van der Waals surface area contributed by atoms with Crippen molar-refractivity contribution in [3.05, 3.63) is 0 Å². The second-order valence-electron chi connectivity index (χ2n) is 2.59. The first-order valence-electron chi connectivity index (χ1n) is 3.15. The van der Waals surface area contributed by atoms with E-state index >= 15 is 0 Å². The van der Waals surface area contributed by atoms with E-state index in [1.165, 1.54) is 10.6 Å². The van der Waals surface area contributed by atoms with Gasteiger partial charge < -0.3 is 5.32 Å². The van der Waals surface area contributed by atoms with Crippen LogP contribution in [0.5, 0.6) is 0 Å². The van der Waals surface area contributed by atoms with Crippen LogP contribution < -0.4 is 5.32 Å². The number of halogens is 1. The van der Waals surface area contributed by atoms with Gasteiger partial charge in [0.2, 0.25) is 10.0 Å². The Bertz CT molecular complexity index is 213. The maximum absolute atomic E-state index is 10.9. The third kappa shape index (κ3) is 2.59. The molecule has 0 spiro atoms. The molecule has 1 aliphatic heterocycles. The van der Waals surface area contributed by atoms with Crippen molar-refractivity contribution in [2.75, 3.05) is 26.4 Å². The predicted molar refractivity (Wildman–Crippen MR) is 46.5 cm³/mol. The second kappa shape index (κ2) is 3.71.